The summed E-state index contributed by atoms with van der Waals surface area (Å²) >= 11 is 0. The summed E-state index contributed by atoms with van der Waals surface area (Å²) in [6.07, 6.45) is 3.63. The van der Waals surface area contributed by atoms with Crippen molar-refractivity contribution in [3.8, 4) is 11.5 Å². The van der Waals surface area contributed by atoms with E-state index in [4.69, 9.17) is 4.42 Å². The van der Waals surface area contributed by atoms with Crippen LogP contribution in [0.3, 0.4) is 0 Å². The van der Waals surface area contributed by atoms with Crippen molar-refractivity contribution >= 4 is 9.84 Å². The van der Waals surface area contributed by atoms with Gasteiger partial charge in [-0.2, -0.15) is 5.10 Å². The molecule has 0 aliphatic carbocycles. The molecular formula is C21H19F2N5O4S. The van der Waals surface area contributed by atoms with Gasteiger partial charge in [0.05, 0.1) is 6.54 Å². The van der Waals surface area contributed by atoms with Crippen molar-refractivity contribution in [1.29, 1.82) is 0 Å². The number of hydrogen-bond donors (Lipinski definition) is 1. The van der Waals surface area contributed by atoms with Crippen molar-refractivity contribution in [3.05, 3.63) is 77.9 Å². The number of benzene rings is 2. The zero-order valence-corrected chi connectivity index (χ0v) is 18.4. The largest absolute Gasteiger partial charge is 0.408 e. The Morgan fingerprint density at radius 3 is 2.45 bits per heavy atom. The maximum Gasteiger partial charge on any atom is 0.335 e. The van der Waals surface area contributed by atoms with E-state index in [0.717, 1.165) is 12.3 Å². The fourth-order valence-electron chi connectivity index (χ4n) is 3.52. The first-order chi connectivity index (χ1) is 15.6. The second-order valence-corrected chi connectivity index (χ2v) is 9.52. The lowest BCUT2D eigenvalue weighted by molar-refractivity contribution is -0.0112. The van der Waals surface area contributed by atoms with E-state index in [9.17, 15) is 22.3 Å². The normalized spacial score (nSPS) is 14.7. The molecule has 0 aliphatic heterocycles. The van der Waals surface area contributed by atoms with Crippen molar-refractivity contribution in [2.24, 2.45) is 0 Å². The lowest BCUT2D eigenvalue weighted by atomic mass is 9.78. The van der Waals surface area contributed by atoms with E-state index in [1.165, 1.54) is 23.4 Å². The zero-order valence-electron chi connectivity index (χ0n) is 17.6. The minimum atomic E-state index is -3.64. The minimum Gasteiger partial charge on any atom is -0.408 e. The van der Waals surface area contributed by atoms with Crippen LogP contribution >= 0.6 is 0 Å². The van der Waals surface area contributed by atoms with E-state index < -0.39 is 38.2 Å². The smallest absolute Gasteiger partial charge is 0.335 e. The summed E-state index contributed by atoms with van der Waals surface area (Å²) < 4.78 is 57.9. The highest BCUT2D eigenvalue weighted by Crippen LogP contribution is 2.40. The van der Waals surface area contributed by atoms with Crippen molar-refractivity contribution in [2.45, 2.75) is 30.2 Å². The topological polar surface area (TPSA) is 124 Å². The van der Waals surface area contributed by atoms with Crippen LogP contribution in [-0.4, -0.2) is 44.7 Å². The molecule has 0 spiro atoms. The lowest BCUT2D eigenvalue weighted by Gasteiger charge is -2.35. The first kappa shape index (κ1) is 22.7. The molecule has 9 nitrogen and oxygen atoms in total. The van der Waals surface area contributed by atoms with E-state index >= 15 is 0 Å². The number of aromatic nitrogens is 5. The fraction of sp³-hybridized carbons (Fsp3) is 0.238. The van der Waals surface area contributed by atoms with Gasteiger partial charge in [-0.1, -0.05) is 30.2 Å². The molecule has 0 bridgehead atoms. The molecule has 0 aliphatic rings. The van der Waals surface area contributed by atoms with Gasteiger partial charge in [-0.25, -0.2) is 26.9 Å². The summed E-state index contributed by atoms with van der Waals surface area (Å²) in [5, 5.41) is 22.4. The Hall–Kier alpha value is -3.51. The number of sulfone groups is 1. The predicted molar refractivity (Wildman–Crippen MR) is 112 cm³/mol. The van der Waals surface area contributed by atoms with E-state index in [1.807, 2.05) is 0 Å². The molecule has 0 fully saturated rings. The molecule has 0 saturated carbocycles. The van der Waals surface area contributed by atoms with Crippen LogP contribution in [0.1, 0.15) is 24.0 Å². The van der Waals surface area contributed by atoms with Crippen LogP contribution in [0.25, 0.3) is 11.5 Å². The summed E-state index contributed by atoms with van der Waals surface area (Å²) in [7, 11) is -3.64. The Morgan fingerprint density at radius 2 is 1.88 bits per heavy atom. The first-order valence-electron chi connectivity index (χ1n) is 9.72. The number of halogens is 2. The van der Waals surface area contributed by atoms with Gasteiger partial charge in [-0.3, -0.25) is 0 Å². The molecule has 33 heavy (non-hydrogen) atoms. The highest BCUT2D eigenvalue weighted by molar-refractivity contribution is 7.90. The van der Waals surface area contributed by atoms with Crippen LogP contribution < -0.4 is 0 Å². The van der Waals surface area contributed by atoms with Crippen LogP contribution in [0, 0.1) is 11.6 Å². The van der Waals surface area contributed by atoms with Crippen molar-refractivity contribution < 1.29 is 26.7 Å². The van der Waals surface area contributed by atoms with Gasteiger partial charge in [0.1, 0.15) is 29.9 Å². The highest BCUT2D eigenvalue weighted by Gasteiger charge is 2.40. The third-order valence-corrected chi connectivity index (χ3v) is 6.16. The SMILES string of the molecule is CC(c1ccc(-c2nnc(S(C)(=O)=O)o2)cc1)C(O)(Cn1cncn1)c1ccc(F)cc1F. The van der Waals surface area contributed by atoms with Crippen molar-refractivity contribution in [3.63, 3.8) is 0 Å². The average Bonchev–Trinajstić information content (AvgIpc) is 3.45. The molecule has 2 heterocycles. The Balaban J connectivity index is 1.70. The molecule has 0 radical (unpaired) electrons. The van der Waals surface area contributed by atoms with Crippen LogP contribution in [0.15, 0.2) is 64.8 Å². The van der Waals surface area contributed by atoms with Crippen molar-refractivity contribution in [1.82, 2.24) is 25.0 Å². The van der Waals surface area contributed by atoms with E-state index in [-0.39, 0.29) is 18.0 Å². The Morgan fingerprint density at radius 1 is 1.15 bits per heavy atom. The summed E-state index contributed by atoms with van der Waals surface area (Å²) in [6, 6.07) is 9.56. The maximum atomic E-state index is 14.7. The Kier molecular flexibility index (Phi) is 5.80. The number of rotatable bonds is 7. The molecule has 2 unspecified atom stereocenters. The van der Waals surface area contributed by atoms with Crippen LogP contribution in [0.2, 0.25) is 0 Å². The van der Waals surface area contributed by atoms with E-state index in [1.54, 1.807) is 31.2 Å². The van der Waals surface area contributed by atoms with Gasteiger partial charge in [-0.15, -0.1) is 5.10 Å². The van der Waals surface area contributed by atoms with Crippen LogP contribution in [0.4, 0.5) is 8.78 Å². The average molecular weight is 475 g/mol. The molecule has 2 atom stereocenters. The molecule has 4 rings (SSSR count). The molecule has 0 amide bonds. The van der Waals surface area contributed by atoms with Gasteiger partial charge in [0, 0.05) is 29.4 Å². The zero-order chi connectivity index (χ0) is 23.8. The van der Waals surface area contributed by atoms with Gasteiger partial charge in [0.15, 0.2) is 0 Å². The maximum absolute atomic E-state index is 14.7. The Labute approximate surface area is 187 Å². The molecule has 4 aromatic rings. The predicted octanol–water partition coefficient (Wildman–Crippen LogP) is 2.70. The standard InChI is InChI=1S/C21H19F2N5O4S/c1-13(14-3-5-15(6-4-14)19-26-27-20(32-19)33(2,30)31)21(29,10-28-12-24-11-25-28)17-8-7-16(22)9-18(17)23/h3-9,11-13,29H,10H2,1-2H3. The van der Waals surface area contributed by atoms with Gasteiger partial charge in [0.25, 0.3) is 0 Å². The van der Waals surface area contributed by atoms with Gasteiger partial charge in [0.2, 0.25) is 15.7 Å². The monoisotopic (exact) mass is 475 g/mol. The van der Waals surface area contributed by atoms with E-state index in [0.29, 0.717) is 17.2 Å². The third kappa shape index (κ3) is 4.52. The Bertz CT molecular complexity index is 1370. The van der Waals surface area contributed by atoms with Crippen LogP contribution in [0.5, 0.6) is 0 Å². The van der Waals surface area contributed by atoms with Crippen LogP contribution in [-0.2, 0) is 22.0 Å². The number of hydrogen-bond acceptors (Lipinski definition) is 8. The number of aliphatic hydroxyl groups is 1. The van der Waals surface area contributed by atoms with Gasteiger partial charge < -0.3 is 9.52 Å². The second kappa shape index (κ2) is 8.45. The third-order valence-electron chi connectivity index (χ3n) is 5.36. The molecule has 172 valence electrons. The summed E-state index contributed by atoms with van der Waals surface area (Å²) in [5.74, 6) is -2.31. The van der Waals surface area contributed by atoms with E-state index in [2.05, 4.69) is 20.3 Å². The summed E-state index contributed by atoms with van der Waals surface area (Å²) in [6.45, 7) is 1.56. The summed E-state index contributed by atoms with van der Waals surface area (Å²) in [5.41, 5.74) is -0.819. The summed E-state index contributed by atoms with van der Waals surface area (Å²) in [4.78, 5) is 3.85. The van der Waals surface area contributed by atoms with Gasteiger partial charge >= 0.3 is 5.22 Å². The molecule has 2 aromatic carbocycles. The van der Waals surface area contributed by atoms with Crippen molar-refractivity contribution in [2.75, 3.05) is 6.26 Å². The first-order valence-corrected chi connectivity index (χ1v) is 11.6. The molecule has 2 aromatic heterocycles. The fourth-order valence-corrected chi connectivity index (χ4v) is 3.94. The minimum absolute atomic E-state index is 0.0112. The van der Waals surface area contributed by atoms with Gasteiger partial charge in [-0.05, 0) is 23.8 Å². The molecule has 1 N–H and O–H groups in total. The quantitative estimate of drug-likeness (QED) is 0.433. The molecule has 12 heteroatoms. The number of nitrogens with zero attached hydrogens (tertiary/aromatic N) is 5. The molecular weight excluding hydrogens is 456 g/mol. The highest BCUT2D eigenvalue weighted by atomic mass is 32.2. The lowest BCUT2D eigenvalue weighted by Crippen LogP contribution is -2.38. The molecule has 0 saturated heterocycles. The second-order valence-electron chi connectivity index (χ2n) is 7.63.